The average molecular weight is 285 g/mol. The van der Waals surface area contributed by atoms with Crippen molar-refractivity contribution < 1.29 is 4.39 Å². The van der Waals surface area contributed by atoms with Gasteiger partial charge in [0.1, 0.15) is 5.82 Å². The fraction of sp³-hybridized carbons (Fsp3) is 0.143. The lowest BCUT2D eigenvalue weighted by molar-refractivity contribution is 0.625. The number of nitrogens with two attached hydrogens (primary N) is 1. The van der Waals surface area contributed by atoms with E-state index in [1.165, 1.54) is 6.07 Å². The Hall–Kier alpha value is 0.130. The minimum absolute atomic E-state index is 0.145. The number of hydrogen-bond donors (Lipinski definition) is 1. The Morgan fingerprint density at radius 3 is 2.73 bits per heavy atom. The molecule has 0 bridgehead atoms. The zero-order chi connectivity index (χ0) is 8.43. The summed E-state index contributed by atoms with van der Waals surface area (Å²) in [5.74, 6) is -0.410. The molecule has 2 N–H and O–H groups in total. The van der Waals surface area contributed by atoms with Crippen molar-refractivity contribution in [2.45, 2.75) is 6.54 Å². The van der Waals surface area contributed by atoms with Gasteiger partial charge in [-0.2, -0.15) is 0 Å². The molecule has 4 heteroatoms. The molecule has 0 aliphatic rings. The topological polar surface area (TPSA) is 26.0 Å². The van der Waals surface area contributed by atoms with Crippen molar-refractivity contribution in [3.63, 3.8) is 0 Å². The fourth-order valence-electron chi connectivity index (χ4n) is 0.720. The molecular formula is C7H6ClFIN. The molecule has 0 aliphatic heterocycles. The van der Waals surface area contributed by atoms with Crippen LogP contribution in [-0.2, 0) is 6.54 Å². The van der Waals surface area contributed by atoms with Crippen LogP contribution in [0.3, 0.4) is 0 Å². The predicted octanol–water partition coefficient (Wildman–Crippen LogP) is 2.54. The molecule has 1 rings (SSSR count). The van der Waals surface area contributed by atoms with E-state index in [-0.39, 0.29) is 5.02 Å². The summed E-state index contributed by atoms with van der Waals surface area (Å²) in [6.07, 6.45) is 0. The van der Waals surface area contributed by atoms with Gasteiger partial charge in [0.05, 0.1) is 5.02 Å². The van der Waals surface area contributed by atoms with Crippen molar-refractivity contribution in [3.05, 3.63) is 32.1 Å². The summed E-state index contributed by atoms with van der Waals surface area (Å²) in [6, 6.07) is 2.93. The third kappa shape index (κ3) is 2.04. The summed E-state index contributed by atoms with van der Waals surface area (Å²) in [4.78, 5) is 0. The monoisotopic (exact) mass is 285 g/mol. The first-order chi connectivity index (χ1) is 5.15. The van der Waals surface area contributed by atoms with Crippen molar-refractivity contribution in [1.82, 2.24) is 0 Å². The molecule has 0 radical (unpaired) electrons. The highest BCUT2D eigenvalue weighted by Crippen LogP contribution is 2.21. The van der Waals surface area contributed by atoms with Crippen molar-refractivity contribution in [2.75, 3.05) is 0 Å². The summed E-state index contributed by atoms with van der Waals surface area (Å²) < 4.78 is 13.7. The highest BCUT2D eigenvalue weighted by Gasteiger charge is 2.04. The molecule has 0 heterocycles. The maximum absolute atomic E-state index is 12.8. The predicted molar refractivity (Wildman–Crippen MR) is 52.0 cm³/mol. The van der Waals surface area contributed by atoms with Crippen LogP contribution in [0, 0.1) is 9.39 Å². The Morgan fingerprint density at radius 1 is 1.55 bits per heavy atom. The quantitative estimate of drug-likeness (QED) is 0.623. The Balaban J connectivity index is 3.21. The third-order valence-electron chi connectivity index (χ3n) is 1.31. The molecule has 0 amide bonds. The van der Waals surface area contributed by atoms with Gasteiger partial charge in [0.25, 0.3) is 0 Å². The minimum atomic E-state index is -0.410. The van der Waals surface area contributed by atoms with Gasteiger partial charge in [0, 0.05) is 10.1 Å². The van der Waals surface area contributed by atoms with Crippen LogP contribution in [0.2, 0.25) is 5.02 Å². The molecule has 60 valence electrons. The van der Waals surface area contributed by atoms with Crippen molar-refractivity contribution in [3.8, 4) is 0 Å². The van der Waals surface area contributed by atoms with E-state index in [1.54, 1.807) is 6.07 Å². The Bertz CT molecular complexity index is 277. The van der Waals surface area contributed by atoms with E-state index in [0.29, 0.717) is 6.54 Å². The third-order valence-corrected chi connectivity index (χ3v) is 2.60. The van der Waals surface area contributed by atoms with E-state index in [0.717, 1.165) is 9.13 Å². The molecule has 0 fully saturated rings. The van der Waals surface area contributed by atoms with Gasteiger partial charge in [0.15, 0.2) is 0 Å². The van der Waals surface area contributed by atoms with E-state index >= 15 is 0 Å². The van der Waals surface area contributed by atoms with Crippen LogP contribution >= 0.6 is 34.2 Å². The first-order valence-electron chi connectivity index (χ1n) is 2.98. The molecule has 0 aliphatic carbocycles. The van der Waals surface area contributed by atoms with Crippen LogP contribution in [0.4, 0.5) is 4.39 Å². The molecule has 1 aromatic rings. The highest BCUT2D eigenvalue weighted by atomic mass is 127. The van der Waals surface area contributed by atoms with Crippen molar-refractivity contribution in [1.29, 1.82) is 0 Å². The largest absolute Gasteiger partial charge is 0.326 e. The summed E-state index contributed by atoms with van der Waals surface area (Å²) in [6.45, 7) is 0.340. The van der Waals surface area contributed by atoms with Crippen LogP contribution in [0.25, 0.3) is 0 Å². The number of halogens is 3. The molecule has 0 aromatic heterocycles. The summed E-state index contributed by atoms with van der Waals surface area (Å²) >= 11 is 7.59. The van der Waals surface area contributed by atoms with Crippen LogP contribution < -0.4 is 5.73 Å². The maximum atomic E-state index is 12.8. The van der Waals surface area contributed by atoms with Gasteiger partial charge in [0.2, 0.25) is 0 Å². The van der Waals surface area contributed by atoms with Gasteiger partial charge in [-0.25, -0.2) is 4.39 Å². The van der Waals surface area contributed by atoms with Crippen molar-refractivity contribution in [2.24, 2.45) is 5.73 Å². The Kier molecular flexibility index (Phi) is 3.09. The average Bonchev–Trinajstić information content (AvgIpc) is 1.97. The SMILES string of the molecule is NCc1cc(F)c(Cl)cc1I. The van der Waals surface area contributed by atoms with E-state index in [4.69, 9.17) is 17.3 Å². The lowest BCUT2D eigenvalue weighted by Gasteiger charge is -2.01. The molecular weight excluding hydrogens is 279 g/mol. The van der Waals surface area contributed by atoms with Gasteiger partial charge < -0.3 is 5.73 Å². The van der Waals surface area contributed by atoms with Crippen LogP contribution in [0.5, 0.6) is 0 Å². The molecule has 0 atom stereocenters. The fourth-order valence-corrected chi connectivity index (χ4v) is 1.76. The first-order valence-corrected chi connectivity index (χ1v) is 4.44. The van der Waals surface area contributed by atoms with Crippen LogP contribution in [0.1, 0.15) is 5.56 Å². The molecule has 0 unspecified atom stereocenters. The first kappa shape index (κ1) is 9.22. The molecule has 0 saturated heterocycles. The molecule has 0 spiro atoms. The van der Waals surface area contributed by atoms with Gasteiger partial charge in [-0.3, -0.25) is 0 Å². The summed E-state index contributed by atoms with van der Waals surface area (Å²) in [5, 5.41) is 0.145. The lowest BCUT2D eigenvalue weighted by Crippen LogP contribution is -1.99. The van der Waals surface area contributed by atoms with Crippen molar-refractivity contribution >= 4 is 34.2 Å². The highest BCUT2D eigenvalue weighted by molar-refractivity contribution is 14.1. The Morgan fingerprint density at radius 2 is 2.18 bits per heavy atom. The van der Waals surface area contributed by atoms with E-state index < -0.39 is 5.82 Å². The van der Waals surface area contributed by atoms with E-state index in [1.807, 2.05) is 0 Å². The van der Waals surface area contributed by atoms with Gasteiger partial charge in [-0.15, -0.1) is 0 Å². The van der Waals surface area contributed by atoms with Crippen LogP contribution in [-0.4, -0.2) is 0 Å². The molecule has 11 heavy (non-hydrogen) atoms. The maximum Gasteiger partial charge on any atom is 0.142 e. The number of benzene rings is 1. The zero-order valence-electron chi connectivity index (χ0n) is 5.57. The normalized spacial score (nSPS) is 10.2. The second-order valence-electron chi connectivity index (χ2n) is 2.06. The van der Waals surface area contributed by atoms with E-state index in [9.17, 15) is 4.39 Å². The van der Waals surface area contributed by atoms with Gasteiger partial charge >= 0.3 is 0 Å². The minimum Gasteiger partial charge on any atom is -0.326 e. The number of rotatable bonds is 1. The smallest absolute Gasteiger partial charge is 0.142 e. The summed E-state index contributed by atoms with van der Waals surface area (Å²) in [5.41, 5.74) is 6.14. The Labute approximate surface area is 82.9 Å². The zero-order valence-corrected chi connectivity index (χ0v) is 8.49. The number of hydrogen-bond acceptors (Lipinski definition) is 1. The summed E-state index contributed by atoms with van der Waals surface area (Å²) in [7, 11) is 0. The van der Waals surface area contributed by atoms with E-state index in [2.05, 4.69) is 22.6 Å². The van der Waals surface area contributed by atoms with Gasteiger partial charge in [-0.1, -0.05) is 11.6 Å². The second-order valence-corrected chi connectivity index (χ2v) is 3.63. The second kappa shape index (κ2) is 3.69. The van der Waals surface area contributed by atoms with Gasteiger partial charge in [-0.05, 0) is 40.3 Å². The lowest BCUT2D eigenvalue weighted by atomic mass is 10.2. The molecule has 1 nitrogen and oxygen atoms in total. The molecule has 1 aromatic carbocycles. The molecule has 0 saturated carbocycles. The standard InChI is InChI=1S/C7H6ClFIN/c8-5-2-7(10)4(3-11)1-6(5)9/h1-2H,3,11H2. The van der Waals surface area contributed by atoms with Crippen LogP contribution in [0.15, 0.2) is 12.1 Å².